The number of benzene rings is 2. The number of rotatable bonds is 11. The Morgan fingerprint density at radius 1 is 1.27 bits per heavy atom. The molecule has 10 heteroatoms. The summed E-state index contributed by atoms with van der Waals surface area (Å²) in [6, 6.07) is 14.9. The largest absolute Gasteiger partial charge is 0.396 e. The molecule has 2 aliphatic rings. The maximum absolute atomic E-state index is 13.8. The van der Waals surface area contributed by atoms with Crippen molar-refractivity contribution in [3.8, 4) is 0 Å². The average molecular weight is 559 g/mol. The predicted octanol–water partition coefficient (Wildman–Crippen LogP) is 2.77. The number of allylic oxidation sites excluding steroid dienone is 1. The van der Waals surface area contributed by atoms with Crippen LogP contribution in [0.3, 0.4) is 0 Å². The third-order valence-corrected chi connectivity index (χ3v) is 7.94. The molecule has 5 rings (SSSR count). The van der Waals surface area contributed by atoms with Crippen molar-refractivity contribution < 1.29 is 19.8 Å². The van der Waals surface area contributed by atoms with Crippen LogP contribution >= 0.6 is 0 Å². The Hall–Kier alpha value is -3.86. The van der Waals surface area contributed by atoms with E-state index in [-0.39, 0.29) is 30.9 Å². The monoisotopic (exact) mass is 558 g/mol. The SMILES string of the molecule is C[C@H](/C=C/CCn1cc(CCO)nn1)[C@@]1(O)C(=O)N(Cc2cccc(NC(=O)C3CCCNC3)c2)c2ccccc21. The van der Waals surface area contributed by atoms with Crippen LogP contribution in [-0.4, -0.2) is 56.7 Å². The molecule has 1 fully saturated rings. The minimum Gasteiger partial charge on any atom is -0.396 e. The highest BCUT2D eigenvalue weighted by molar-refractivity contribution is 6.07. The number of hydrogen-bond acceptors (Lipinski definition) is 7. The zero-order valence-electron chi connectivity index (χ0n) is 23.4. The highest BCUT2D eigenvalue weighted by atomic mass is 16.3. The van der Waals surface area contributed by atoms with Gasteiger partial charge in [-0.15, -0.1) is 5.10 Å². The second kappa shape index (κ2) is 12.8. The predicted molar refractivity (Wildman–Crippen MR) is 156 cm³/mol. The summed E-state index contributed by atoms with van der Waals surface area (Å²) in [5.41, 5.74) is 1.85. The first-order valence-corrected chi connectivity index (χ1v) is 14.3. The van der Waals surface area contributed by atoms with Crippen molar-refractivity contribution in [3.05, 3.63) is 83.7 Å². The van der Waals surface area contributed by atoms with E-state index in [4.69, 9.17) is 5.11 Å². The van der Waals surface area contributed by atoms with Crippen molar-refractivity contribution in [2.24, 2.45) is 11.8 Å². The molecule has 0 saturated carbocycles. The van der Waals surface area contributed by atoms with Crippen LogP contribution in [0.15, 0.2) is 66.9 Å². The third kappa shape index (κ3) is 6.24. The van der Waals surface area contributed by atoms with Crippen LogP contribution < -0.4 is 15.5 Å². The van der Waals surface area contributed by atoms with Crippen molar-refractivity contribution in [3.63, 3.8) is 0 Å². The fraction of sp³-hybridized carbons (Fsp3) is 0.419. The lowest BCUT2D eigenvalue weighted by Crippen LogP contribution is -2.44. The van der Waals surface area contributed by atoms with Gasteiger partial charge in [0.05, 0.1) is 23.8 Å². The molecule has 0 aliphatic carbocycles. The molecule has 10 nitrogen and oxygen atoms in total. The number of piperidine rings is 1. The van der Waals surface area contributed by atoms with E-state index < -0.39 is 11.5 Å². The summed E-state index contributed by atoms with van der Waals surface area (Å²) in [6.07, 6.45) is 8.60. The topological polar surface area (TPSA) is 133 Å². The van der Waals surface area contributed by atoms with Crippen LogP contribution in [0.4, 0.5) is 11.4 Å². The number of hydrogen-bond donors (Lipinski definition) is 4. The fourth-order valence-corrected chi connectivity index (χ4v) is 5.63. The normalized spacial score (nSPS) is 21.3. The average Bonchev–Trinajstić information content (AvgIpc) is 3.53. The van der Waals surface area contributed by atoms with Crippen molar-refractivity contribution in [1.29, 1.82) is 0 Å². The first-order valence-electron chi connectivity index (χ1n) is 14.3. The number of aryl methyl sites for hydroxylation is 1. The second-order valence-corrected chi connectivity index (χ2v) is 10.9. The third-order valence-electron chi connectivity index (χ3n) is 7.94. The number of amides is 2. The molecule has 41 heavy (non-hydrogen) atoms. The first-order chi connectivity index (χ1) is 19.9. The molecule has 1 unspecified atom stereocenters. The Balaban J connectivity index is 1.27. The fourth-order valence-electron chi connectivity index (χ4n) is 5.63. The number of aromatic nitrogens is 3. The van der Waals surface area contributed by atoms with Gasteiger partial charge in [-0.1, -0.05) is 54.6 Å². The number of fused-ring (bicyclic) bond motifs is 1. The first kappa shape index (κ1) is 28.7. The standard InChI is InChI=1S/C31H38N6O4/c1-22(8-4-5-16-36-21-26(14-17-38)34-35-36)31(41)27-12-2-3-13-28(27)37(30(31)40)20-23-9-6-11-25(18-23)33-29(39)24-10-7-15-32-19-24/h2-4,6,8-9,11-13,18,21-22,24,32,38,41H,5,7,10,14-17,19-20H2,1H3,(H,33,39)/b8-4+/t22-,24?,31+/m1/s1. The van der Waals surface area contributed by atoms with E-state index >= 15 is 0 Å². The molecule has 0 radical (unpaired) electrons. The zero-order chi connectivity index (χ0) is 28.8. The van der Waals surface area contributed by atoms with Gasteiger partial charge in [-0.05, 0) is 49.6 Å². The maximum Gasteiger partial charge on any atom is 0.264 e. The summed E-state index contributed by atoms with van der Waals surface area (Å²) in [5, 5.41) is 35.3. The van der Waals surface area contributed by atoms with Gasteiger partial charge in [0.2, 0.25) is 5.91 Å². The molecule has 2 aliphatic heterocycles. The van der Waals surface area contributed by atoms with Gasteiger partial charge < -0.3 is 25.7 Å². The van der Waals surface area contributed by atoms with E-state index in [0.29, 0.717) is 42.9 Å². The van der Waals surface area contributed by atoms with Gasteiger partial charge in [0.1, 0.15) is 0 Å². The van der Waals surface area contributed by atoms with Crippen molar-refractivity contribution in [2.75, 3.05) is 29.9 Å². The van der Waals surface area contributed by atoms with E-state index in [0.717, 1.165) is 30.6 Å². The van der Waals surface area contributed by atoms with Crippen LogP contribution in [0.25, 0.3) is 0 Å². The van der Waals surface area contributed by atoms with Crippen molar-refractivity contribution in [2.45, 2.75) is 51.3 Å². The Kier molecular flexibility index (Phi) is 8.92. The van der Waals surface area contributed by atoms with E-state index in [2.05, 4.69) is 20.9 Å². The number of carbonyl (C=O) groups is 2. The summed E-state index contributed by atoms with van der Waals surface area (Å²) >= 11 is 0. The van der Waals surface area contributed by atoms with Crippen LogP contribution in [-0.2, 0) is 34.7 Å². The number of aliphatic hydroxyl groups excluding tert-OH is 1. The van der Waals surface area contributed by atoms with Gasteiger partial charge in [0, 0.05) is 49.5 Å². The number of carbonyl (C=O) groups excluding carboxylic acids is 2. The lowest BCUT2D eigenvalue weighted by atomic mass is 9.83. The van der Waals surface area contributed by atoms with Gasteiger partial charge in [-0.3, -0.25) is 14.3 Å². The molecule has 1 aromatic heterocycles. The van der Waals surface area contributed by atoms with Gasteiger partial charge >= 0.3 is 0 Å². The Morgan fingerprint density at radius 2 is 2.12 bits per heavy atom. The summed E-state index contributed by atoms with van der Waals surface area (Å²) < 4.78 is 1.72. The molecule has 3 atom stereocenters. The number of nitrogens with one attached hydrogen (secondary N) is 2. The quantitative estimate of drug-likeness (QED) is 0.266. The number of aliphatic hydroxyl groups is 2. The van der Waals surface area contributed by atoms with Crippen LogP contribution in [0.2, 0.25) is 0 Å². The maximum atomic E-state index is 13.8. The molecule has 2 amide bonds. The van der Waals surface area contributed by atoms with E-state index in [1.54, 1.807) is 9.58 Å². The van der Waals surface area contributed by atoms with Gasteiger partial charge in [-0.2, -0.15) is 0 Å². The van der Waals surface area contributed by atoms with Gasteiger partial charge in [0.25, 0.3) is 5.91 Å². The molecule has 0 spiro atoms. The molecule has 216 valence electrons. The minimum atomic E-state index is -1.70. The summed E-state index contributed by atoms with van der Waals surface area (Å²) in [5.74, 6) is -0.898. The van der Waals surface area contributed by atoms with E-state index in [9.17, 15) is 14.7 Å². The number of anilines is 2. The molecule has 3 heterocycles. The Bertz CT molecular complexity index is 1400. The van der Waals surface area contributed by atoms with Crippen molar-refractivity contribution in [1.82, 2.24) is 20.3 Å². The summed E-state index contributed by atoms with van der Waals surface area (Å²) in [4.78, 5) is 28.2. The van der Waals surface area contributed by atoms with Crippen molar-refractivity contribution >= 4 is 23.2 Å². The molecular formula is C31H38N6O4. The Morgan fingerprint density at radius 3 is 2.93 bits per heavy atom. The minimum absolute atomic E-state index is 0.00125. The summed E-state index contributed by atoms with van der Waals surface area (Å²) in [7, 11) is 0. The molecule has 2 aromatic carbocycles. The lowest BCUT2D eigenvalue weighted by molar-refractivity contribution is -0.139. The van der Waals surface area contributed by atoms with Crippen LogP contribution in [0, 0.1) is 11.8 Å². The molecule has 0 bridgehead atoms. The Labute approximate surface area is 240 Å². The van der Waals surface area contributed by atoms with Gasteiger partial charge in [-0.25, -0.2) is 0 Å². The van der Waals surface area contributed by atoms with E-state index in [1.807, 2.05) is 73.8 Å². The highest BCUT2D eigenvalue weighted by Crippen LogP contribution is 2.45. The summed E-state index contributed by atoms with van der Waals surface area (Å²) in [6.45, 7) is 4.37. The lowest BCUT2D eigenvalue weighted by Gasteiger charge is -2.27. The van der Waals surface area contributed by atoms with E-state index in [1.165, 1.54) is 0 Å². The van der Waals surface area contributed by atoms with Crippen LogP contribution in [0.1, 0.15) is 43.0 Å². The molecule has 4 N–H and O–H groups in total. The van der Waals surface area contributed by atoms with Gasteiger partial charge in [0.15, 0.2) is 5.60 Å². The molecule has 1 saturated heterocycles. The highest BCUT2D eigenvalue weighted by Gasteiger charge is 2.52. The second-order valence-electron chi connectivity index (χ2n) is 10.9. The zero-order valence-corrected chi connectivity index (χ0v) is 23.4. The smallest absolute Gasteiger partial charge is 0.264 e. The molecular weight excluding hydrogens is 520 g/mol. The van der Waals surface area contributed by atoms with Crippen LogP contribution in [0.5, 0.6) is 0 Å². The number of nitrogens with zero attached hydrogens (tertiary/aromatic N) is 4. The number of para-hydroxylation sites is 1. The molecule has 3 aromatic rings.